The van der Waals surface area contributed by atoms with Crippen LogP contribution in [-0.2, 0) is 5.41 Å². The van der Waals surface area contributed by atoms with Crippen LogP contribution in [-0.4, -0.2) is 9.13 Å². The zero-order chi connectivity index (χ0) is 54.8. The van der Waals surface area contributed by atoms with Gasteiger partial charge in [-0.3, -0.25) is 0 Å². The summed E-state index contributed by atoms with van der Waals surface area (Å²) in [6.07, 6.45) is 0. The molecule has 12 rings (SSSR count). The molecule has 63 heavy (non-hydrogen) atoms. The van der Waals surface area contributed by atoms with E-state index in [-0.39, 0.29) is 16.8 Å². The van der Waals surface area contributed by atoms with Gasteiger partial charge < -0.3 is 9.13 Å². The van der Waals surface area contributed by atoms with E-state index < -0.39 is 96.1 Å². The van der Waals surface area contributed by atoms with E-state index in [0.717, 1.165) is 27.5 Å². The molecule has 0 saturated heterocycles. The van der Waals surface area contributed by atoms with Crippen molar-refractivity contribution in [3.8, 4) is 33.6 Å². The van der Waals surface area contributed by atoms with Crippen LogP contribution in [0.25, 0.3) is 77.2 Å². The van der Waals surface area contributed by atoms with Crippen molar-refractivity contribution >= 4 is 43.6 Å². The van der Waals surface area contributed by atoms with Crippen molar-refractivity contribution in [2.24, 2.45) is 0 Å². The van der Waals surface area contributed by atoms with Crippen LogP contribution in [0.15, 0.2) is 254 Å². The third-order valence-corrected chi connectivity index (χ3v) is 12.1. The van der Waals surface area contributed by atoms with Crippen LogP contribution < -0.4 is 0 Å². The third kappa shape index (κ3) is 5.95. The van der Waals surface area contributed by atoms with Gasteiger partial charge in [-0.15, -0.1) is 0 Å². The quantitative estimate of drug-likeness (QED) is 0.135. The van der Waals surface area contributed by atoms with Crippen molar-refractivity contribution in [3.63, 3.8) is 0 Å². The summed E-state index contributed by atoms with van der Waals surface area (Å²) in [6, 6.07) is 44.6. The molecule has 0 fully saturated rings. The third-order valence-electron chi connectivity index (χ3n) is 12.1. The monoisotopic (exact) mass is 817 g/mol. The largest absolute Gasteiger partial charge is 0.309 e. The maximum atomic E-state index is 9.28. The second kappa shape index (κ2) is 15.1. The second-order valence-electron chi connectivity index (χ2n) is 15.4. The first kappa shape index (κ1) is 24.3. The number of hydrogen-bond acceptors (Lipinski definition) is 0. The second-order valence-corrected chi connectivity index (χ2v) is 15.4. The molecule has 0 radical (unpaired) electrons. The molecule has 12 aromatic rings. The van der Waals surface area contributed by atoms with Crippen molar-refractivity contribution in [2.45, 2.75) is 5.41 Å². The van der Waals surface area contributed by atoms with Gasteiger partial charge in [0, 0.05) is 32.9 Å². The van der Waals surface area contributed by atoms with E-state index in [1.807, 2.05) is 103 Å². The van der Waals surface area contributed by atoms with Crippen LogP contribution in [0.5, 0.6) is 0 Å². The average Bonchev–Trinajstić information content (AvgIpc) is 4.17. The lowest BCUT2D eigenvalue weighted by molar-refractivity contribution is 0.747. The molecule has 2 aromatic heterocycles. The lowest BCUT2D eigenvalue weighted by atomic mass is 9.64. The highest BCUT2D eigenvalue weighted by atomic mass is 15.0. The zero-order valence-electron chi connectivity index (χ0n) is 48.5. The Labute approximate surface area is 388 Å². The van der Waals surface area contributed by atoms with E-state index in [1.165, 1.54) is 0 Å². The van der Waals surface area contributed by atoms with Gasteiger partial charge in [0.1, 0.15) is 0 Å². The summed E-state index contributed by atoms with van der Waals surface area (Å²) in [5, 5.41) is 3.38. The Morgan fingerprint density at radius 2 is 0.730 bits per heavy atom. The van der Waals surface area contributed by atoms with Crippen molar-refractivity contribution in [1.29, 1.82) is 0 Å². The highest BCUT2D eigenvalue weighted by molar-refractivity contribution is 6.12. The van der Waals surface area contributed by atoms with Crippen LogP contribution >= 0.6 is 0 Å². The summed E-state index contributed by atoms with van der Waals surface area (Å²) >= 11 is 0. The summed E-state index contributed by atoms with van der Waals surface area (Å²) in [5.41, 5.74) is 5.31. The van der Waals surface area contributed by atoms with E-state index >= 15 is 0 Å². The molecule has 10 aromatic carbocycles. The van der Waals surface area contributed by atoms with Crippen LogP contribution in [0.2, 0.25) is 0 Å². The first-order valence-corrected chi connectivity index (χ1v) is 20.5. The number of nitrogens with zero attached hydrogens (tertiary/aromatic N) is 2. The Hall–Kier alpha value is -8.20. The lowest BCUT2D eigenvalue weighted by Gasteiger charge is -2.37. The molecule has 0 spiro atoms. The maximum absolute atomic E-state index is 9.28. The topological polar surface area (TPSA) is 9.86 Å². The van der Waals surface area contributed by atoms with Gasteiger partial charge in [0.05, 0.1) is 48.0 Å². The van der Waals surface area contributed by atoms with Crippen molar-refractivity contribution in [3.05, 3.63) is 277 Å². The average molecular weight is 818 g/mol. The number of para-hydroxylation sites is 3. The van der Waals surface area contributed by atoms with E-state index in [1.54, 1.807) is 41.0 Å². The van der Waals surface area contributed by atoms with E-state index in [4.69, 9.17) is 17.8 Å². The summed E-state index contributed by atoms with van der Waals surface area (Å²) in [7, 11) is 0. The molecular formula is C61H42N2. The maximum Gasteiger partial charge on any atom is 0.0702 e. The predicted octanol–water partition coefficient (Wildman–Crippen LogP) is 15.6. The normalized spacial score (nSPS) is 15.1. The fraction of sp³-hybridized carbons (Fsp3) is 0.0164. The molecule has 0 saturated carbocycles. The summed E-state index contributed by atoms with van der Waals surface area (Å²) in [4.78, 5) is 0. The van der Waals surface area contributed by atoms with Gasteiger partial charge >= 0.3 is 0 Å². The molecule has 2 heterocycles. The van der Waals surface area contributed by atoms with Crippen molar-refractivity contribution in [1.82, 2.24) is 9.13 Å². The molecule has 2 nitrogen and oxygen atoms in total. The van der Waals surface area contributed by atoms with E-state index in [2.05, 4.69) is 28.8 Å². The zero-order valence-corrected chi connectivity index (χ0v) is 33.5. The predicted molar refractivity (Wildman–Crippen MR) is 264 cm³/mol. The highest BCUT2D eigenvalue weighted by Crippen LogP contribution is 2.49. The van der Waals surface area contributed by atoms with Crippen LogP contribution in [0.1, 0.15) is 42.8 Å². The fourth-order valence-corrected chi connectivity index (χ4v) is 9.47. The minimum Gasteiger partial charge on any atom is -0.309 e. The van der Waals surface area contributed by atoms with E-state index in [9.17, 15) is 2.74 Å². The van der Waals surface area contributed by atoms with Crippen molar-refractivity contribution in [2.75, 3.05) is 0 Å². The Morgan fingerprint density at radius 3 is 1.32 bits per heavy atom. The molecular weight excluding hydrogens is 761 g/mol. The molecule has 0 amide bonds. The van der Waals surface area contributed by atoms with E-state index in [0.29, 0.717) is 55.2 Å². The smallest absolute Gasteiger partial charge is 0.0702 e. The number of fused-ring (bicyclic) bond motifs is 6. The van der Waals surface area contributed by atoms with Gasteiger partial charge in [-0.05, 0) is 111 Å². The Kier molecular flexibility index (Phi) is 5.81. The molecule has 0 aliphatic carbocycles. The minimum absolute atomic E-state index is 0.0209. The molecule has 2 heteroatoms. The first-order valence-electron chi connectivity index (χ1n) is 28.0. The lowest BCUT2D eigenvalue weighted by Crippen LogP contribution is -2.31. The van der Waals surface area contributed by atoms with Crippen LogP contribution in [0.4, 0.5) is 0 Å². The summed E-state index contributed by atoms with van der Waals surface area (Å²) < 4.78 is 136. The van der Waals surface area contributed by atoms with Gasteiger partial charge in [0.25, 0.3) is 0 Å². The Morgan fingerprint density at radius 1 is 0.286 bits per heavy atom. The van der Waals surface area contributed by atoms with Gasteiger partial charge in [-0.2, -0.15) is 0 Å². The highest BCUT2D eigenvalue weighted by Gasteiger charge is 2.39. The summed E-state index contributed by atoms with van der Waals surface area (Å²) in [6.45, 7) is 0. The number of hydrogen-bond donors (Lipinski definition) is 0. The molecule has 0 unspecified atom stereocenters. The standard InChI is InChI=1S/C61H42N2/c1-5-19-43(20-6-1)45-23-17-27-48(39-45)61(47-25-9-3-10-26-47,49-28-18-24-46(40-49)44-21-7-2-8-22-44)50-35-37-59-55(41-50)56-42-52(36-38-60(56)62(59)51-29-11-4-12-30-51)63-57-33-15-13-31-53(57)54-32-14-16-34-58(54)63/h1-42H/i1D,2D,4D,5D,6D,7D,8D,11D,12D,19D,20D,21D,22D,29D,30D. The first-order chi connectivity index (χ1) is 37.5. The molecule has 0 aliphatic rings. The van der Waals surface area contributed by atoms with Gasteiger partial charge in [0.2, 0.25) is 0 Å². The number of rotatable bonds is 8. The van der Waals surface area contributed by atoms with Gasteiger partial charge in [0.15, 0.2) is 0 Å². The van der Waals surface area contributed by atoms with Crippen molar-refractivity contribution < 1.29 is 20.6 Å². The minimum atomic E-state index is -1.43. The Bertz CT molecular complexity index is 4270. The molecule has 0 bridgehead atoms. The van der Waals surface area contributed by atoms with Gasteiger partial charge in [-0.25, -0.2) is 0 Å². The molecule has 0 aliphatic heterocycles. The van der Waals surface area contributed by atoms with Gasteiger partial charge in [-0.1, -0.05) is 188 Å². The summed E-state index contributed by atoms with van der Waals surface area (Å²) in [5.74, 6) is 0. The number of benzene rings is 10. The molecule has 296 valence electrons. The van der Waals surface area contributed by atoms with Crippen LogP contribution in [0.3, 0.4) is 0 Å². The fourth-order valence-electron chi connectivity index (χ4n) is 9.47. The molecule has 0 atom stereocenters. The van der Waals surface area contributed by atoms with Crippen LogP contribution in [0, 0.1) is 0 Å². The molecule has 0 N–H and O–H groups in total. The number of aromatic nitrogens is 2. The Balaban J connectivity index is 1.24. The SMILES string of the molecule is [2H]c1c([2H])c([2H])c(-c2cccc(C(c3ccccc3)(c3cccc(-c4c([2H])c([2H])c([2H])c([2H])c4[2H])c3)c3ccc4c(c3)c3cc(-n5c6ccccc6c6ccccc65)ccc3n4-c3c([2H])c([2H])c([2H])c([2H])c3[2H])c2)c([2H])c1[2H].